The summed E-state index contributed by atoms with van der Waals surface area (Å²) in [6.07, 6.45) is -2.42. The standard InChI is InChI=1S/C16H23F3N2/c1-3-12(2)14-11-21(10-6-9-20-14)15-8-5-4-7-13(15)16(17,18)19/h4-5,7-8,12,14,20H,3,6,9-11H2,1-2H3. The second-order valence-corrected chi connectivity index (χ2v) is 5.76. The number of rotatable bonds is 3. The lowest BCUT2D eigenvalue weighted by Gasteiger charge is -2.31. The Morgan fingerprint density at radius 2 is 2.05 bits per heavy atom. The number of hydrogen-bond donors (Lipinski definition) is 1. The molecule has 0 aromatic heterocycles. The molecular formula is C16H23F3N2. The number of nitrogens with zero attached hydrogens (tertiary/aromatic N) is 1. The smallest absolute Gasteiger partial charge is 0.369 e. The number of benzene rings is 1. The van der Waals surface area contributed by atoms with Gasteiger partial charge in [-0.2, -0.15) is 13.2 Å². The van der Waals surface area contributed by atoms with Gasteiger partial charge in [0.05, 0.1) is 5.56 Å². The molecule has 1 aliphatic rings. The molecule has 0 amide bonds. The fourth-order valence-corrected chi connectivity index (χ4v) is 2.82. The topological polar surface area (TPSA) is 15.3 Å². The Bertz CT molecular complexity index is 459. The van der Waals surface area contributed by atoms with Gasteiger partial charge in [0.25, 0.3) is 0 Å². The Hall–Kier alpha value is -1.23. The van der Waals surface area contributed by atoms with E-state index in [1.165, 1.54) is 12.1 Å². The van der Waals surface area contributed by atoms with Gasteiger partial charge in [-0.1, -0.05) is 32.4 Å². The summed E-state index contributed by atoms with van der Waals surface area (Å²) in [6, 6.07) is 6.13. The molecular weight excluding hydrogens is 277 g/mol. The highest BCUT2D eigenvalue weighted by atomic mass is 19.4. The molecule has 1 aromatic carbocycles. The fraction of sp³-hybridized carbons (Fsp3) is 0.625. The lowest BCUT2D eigenvalue weighted by atomic mass is 9.98. The van der Waals surface area contributed by atoms with Gasteiger partial charge in [-0.05, 0) is 31.0 Å². The van der Waals surface area contributed by atoms with Gasteiger partial charge >= 0.3 is 6.18 Å². The van der Waals surface area contributed by atoms with E-state index in [2.05, 4.69) is 19.2 Å². The number of nitrogens with one attached hydrogen (secondary N) is 1. The highest BCUT2D eigenvalue weighted by Crippen LogP contribution is 2.37. The van der Waals surface area contributed by atoms with E-state index in [9.17, 15) is 13.2 Å². The zero-order valence-electron chi connectivity index (χ0n) is 12.6. The van der Waals surface area contributed by atoms with E-state index in [-0.39, 0.29) is 6.04 Å². The van der Waals surface area contributed by atoms with Crippen LogP contribution in [0.2, 0.25) is 0 Å². The number of halogens is 3. The maximum Gasteiger partial charge on any atom is 0.418 e. The third-order valence-corrected chi connectivity index (χ3v) is 4.31. The summed E-state index contributed by atoms with van der Waals surface area (Å²) in [5.41, 5.74) is -0.225. The summed E-state index contributed by atoms with van der Waals surface area (Å²) in [6.45, 7) is 6.41. The Balaban J connectivity index is 2.28. The Labute approximate surface area is 124 Å². The molecule has 0 bridgehead atoms. The van der Waals surface area contributed by atoms with Crippen molar-refractivity contribution in [2.45, 2.75) is 38.9 Å². The summed E-state index contributed by atoms with van der Waals surface area (Å²) < 4.78 is 39.6. The molecule has 0 saturated carbocycles. The van der Waals surface area contributed by atoms with Crippen molar-refractivity contribution < 1.29 is 13.2 Å². The molecule has 1 saturated heterocycles. The first-order valence-corrected chi connectivity index (χ1v) is 7.58. The predicted octanol–water partition coefficient (Wildman–Crippen LogP) is 3.92. The molecule has 0 radical (unpaired) electrons. The second-order valence-electron chi connectivity index (χ2n) is 5.76. The zero-order valence-corrected chi connectivity index (χ0v) is 12.6. The van der Waals surface area contributed by atoms with Crippen LogP contribution in [0.15, 0.2) is 24.3 Å². The number of anilines is 1. The van der Waals surface area contributed by atoms with Crippen molar-refractivity contribution in [3.63, 3.8) is 0 Å². The normalized spacial score (nSPS) is 22.0. The summed E-state index contributed by atoms with van der Waals surface area (Å²) in [4.78, 5) is 1.89. The van der Waals surface area contributed by atoms with Crippen molar-refractivity contribution in [2.75, 3.05) is 24.5 Å². The van der Waals surface area contributed by atoms with Gasteiger partial charge in [0.1, 0.15) is 0 Å². The van der Waals surface area contributed by atoms with Gasteiger partial charge in [-0.15, -0.1) is 0 Å². The van der Waals surface area contributed by atoms with Crippen LogP contribution in [-0.2, 0) is 6.18 Å². The van der Waals surface area contributed by atoms with Gasteiger partial charge in [0.2, 0.25) is 0 Å². The SMILES string of the molecule is CCC(C)C1CN(c2ccccc2C(F)(F)F)CCCN1. The van der Waals surface area contributed by atoms with Crippen molar-refractivity contribution in [3.05, 3.63) is 29.8 Å². The molecule has 5 heteroatoms. The van der Waals surface area contributed by atoms with Crippen LogP contribution in [0.25, 0.3) is 0 Å². The van der Waals surface area contributed by atoms with Gasteiger partial charge in [-0.3, -0.25) is 0 Å². The van der Waals surface area contributed by atoms with Crippen LogP contribution in [0.3, 0.4) is 0 Å². The lowest BCUT2D eigenvalue weighted by Crippen LogP contribution is -2.42. The van der Waals surface area contributed by atoms with Crippen molar-refractivity contribution >= 4 is 5.69 Å². The van der Waals surface area contributed by atoms with Crippen molar-refractivity contribution in [2.24, 2.45) is 5.92 Å². The molecule has 1 N–H and O–H groups in total. The Morgan fingerprint density at radius 1 is 1.33 bits per heavy atom. The molecule has 0 aliphatic carbocycles. The minimum Gasteiger partial charge on any atom is -0.369 e. The zero-order chi connectivity index (χ0) is 15.5. The first-order valence-electron chi connectivity index (χ1n) is 7.58. The van der Waals surface area contributed by atoms with E-state index >= 15 is 0 Å². The molecule has 2 atom stereocenters. The summed E-state index contributed by atoms with van der Waals surface area (Å²) in [5, 5.41) is 3.47. The minimum absolute atomic E-state index is 0.235. The maximum absolute atomic E-state index is 13.2. The largest absolute Gasteiger partial charge is 0.418 e. The number of para-hydroxylation sites is 1. The highest BCUT2D eigenvalue weighted by molar-refractivity contribution is 5.55. The third-order valence-electron chi connectivity index (χ3n) is 4.31. The minimum atomic E-state index is -4.30. The molecule has 0 spiro atoms. The average Bonchev–Trinajstić information content (AvgIpc) is 2.71. The summed E-state index contributed by atoms with van der Waals surface area (Å²) >= 11 is 0. The summed E-state index contributed by atoms with van der Waals surface area (Å²) in [5.74, 6) is 0.448. The number of hydrogen-bond acceptors (Lipinski definition) is 2. The van der Waals surface area contributed by atoms with E-state index in [1.807, 2.05) is 4.90 Å². The van der Waals surface area contributed by atoms with E-state index in [0.29, 0.717) is 24.7 Å². The molecule has 1 fully saturated rings. The van der Waals surface area contributed by atoms with Crippen molar-refractivity contribution in [3.8, 4) is 0 Å². The molecule has 118 valence electrons. The molecule has 21 heavy (non-hydrogen) atoms. The van der Waals surface area contributed by atoms with E-state index in [4.69, 9.17) is 0 Å². The quantitative estimate of drug-likeness (QED) is 0.910. The lowest BCUT2D eigenvalue weighted by molar-refractivity contribution is -0.137. The van der Waals surface area contributed by atoms with Crippen LogP contribution in [0, 0.1) is 5.92 Å². The molecule has 1 aromatic rings. The molecule has 2 rings (SSSR count). The van der Waals surface area contributed by atoms with Gasteiger partial charge in [0, 0.05) is 24.8 Å². The van der Waals surface area contributed by atoms with E-state index in [0.717, 1.165) is 19.4 Å². The average molecular weight is 300 g/mol. The number of alkyl halides is 3. The Morgan fingerprint density at radius 3 is 2.71 bits per heavy atom. The van der Waals surface area contributed by atoms with Crippen LogP contribution in [0.5, 0.6) is 0 Å². The van der Waals surface area contributed by atoms with Crippen LogP contribution in [-0.4, -0.2) is 25.7 Å². The van der Waals surface area contributed by atoms with Crippen molar-refractivity contribution in [1.29, 1.82) is 0 Å². The van der Waals surface area contributed by atoms with E-state index < -0.39 is 11.7 Å². The van der Waals surface area contributed by atoms with Crippen LogP contribution in [0.1, 0.15) is 32.3 Å². The van der Waals surface area contributed by atoms with Gasteiger partial charge < -0.3 is 10.2 Å². The molecule has 2 unspecified atom stereocenters. The summed E-state index contributed by atoms with van der Waals surface area (Å²) in [7, 11) is 0. The first kappa shape index (κ1) is 16.1. The van der Waals surface area contributed by atoms with Gasteiger partial charge in [-0.25, -0.2) is 0 Å². The highest BCUT2D eigenvalue weighted by Gasteiger charge is 2.35. The molecule has 1 heterocycles. The first-order chi connectivity index (χ1) is 9.93. The predicted molar refractivity (Wildman–Crippen MR) is 79.5 cm³/mol. The Kier molecular flexibility index (Phi) is 5.14. The van der Waals surface area contributed by atoms with E-state index in [1.54, 1.807) is 12.1 Å². The fourth-order valence-electron chi connectivity index (χ4n) is 2.82. The third kappa shape index (κ3) is 3.90. The molecule has 2 nitrogen and oxygen atoms in total. The molecule has 1 aliphatic heterocycles. The monoisotopic (exact) mass is 300 g/mol. The van der Waals surface area contributed by atoms with Crippen LogP contribution < -0.4 is 10.2 Å². The van der Waals surface area contributed by atoms with Gasteiger partial charge in [0.15, 0.2) is 0 Å². The van der Waals surface area contributed by atoms with Crippen LogP contribution >= 0.6 is 0 Å². The van der Waals surface area contributed by atoms with Crippen LogP contribution in [0.4, 0.5) is 18.9 Å². The second kappa shape index (κ2) is 6.69. The van der Waals surface area contributed by atoms with Crippen molar-refractivity contribution in [1.82, 2.24) is 5.32 Å². The maximum atomic E-state index is 13.2.